The van der Waals surface area contributed by atoms with Crippen LogP contribution in [0.1, 0.15) is 52.9 Å². The van der Waals surface area contributed by atoms with E-state index in [0.717, 1.165) is 32.1 Å². The summed E-state index contributed by atoms with van der Waals surface area (Å²) in [7, 11) is 1.25. The topological polar surface area (TPSA) is 78.6 Å². The van der Waals surface area contributed by atoms with Gasteiger partial charge in [0.1, 0.15) is 5.60 Å². The van der Waals surface area contributed by atoms with E-state index in [9.17, 15) is 9.59 Å². The summed E-state index contributed by atoms with van der Waals surface area (Å²) in [4.78, 5) is 24.3. The fourth-order valence-corrected chi connectivity index (χ4v) is 2.51. The number of ether oxygens (including phenoxy) is 2. The molecule has 0 aromatic heterocycles. The van der Waals surface area contributed by atoms with Crippen molar-refractivity contribution in [2.75, 3.05) is 7.11 Å². The first-order valence-corrected chi connectivity index (χ1v) is 6.82. The predicted molar refractivity (Wildman–Crippen MR) is 71.4 cm³/mol. The fraction of sp³-hybridized carbons (Fsp3) is 0.857. The van der Waals surface area contributed by atoms with Crippen LogP contribution in [-0.2, 0) is 19.1 Å². The third kappa shape index (κ3) is 3.69. The molecular weight excluding hydrogens is 246 g/mol. The predicted octanol–water partition coefficient (Wildman–Crippen LogP) is 1.78. The average Bonchev–Trinajstić information content (AvgIpc) is 2.35. The molecule has 0 unspecified atom stereocenters. The van der Waals surface area contributed by atoms with E-state index in [1.165, 1.54) is 7.11 Å². The lowest BCUT2D eigenvalue weighted by atomic mass is 9.75. The standard InChI is InChI=1S/C14H25NO4/c1-13(2,3)19-12(17)14(15,11(16)18-4)10-8-6-5-7-9-10/h10H,5-9,15H2,1-4H3/t14-/m0/s1. The molecule has 0 heterocycles. The van der Waals surface area contributed by atoms with Gasteiger partial charge in [-0.15, -0.1) is 0 Å². The second-order valence-corrected chi connectivity index (χ2v) is 6.20. The third-order valence-corrected chi connectivity index (χ3v) is 3.51. The normalized spacial score (nSPS) is 20.5. The first-order chi connectivity index (χ1) is 8.71. The molecule has 1 rings (SSSR count). The Morgan fingerprint density at radius 2 is 1.58 bits per heavy atom. The first kappa shape index (κ1) is 16.0. The highest BCUT2D eigenvalue weighted by molar-refractivity contribution is 6.05. The largest absolute Gasteiger partial charge is 0.467 e. The van der Waals surface area contributed by atoms with Crippen LogP contribution in [0.25, 0.3) is 0 Å². The zero-order chi connectivity index (χ0) is 14.7. The van der Waals surface area contributed by atoms with Crippen molar-refractivity contribution in [1.82, 2.24) is 0 Å². The van der Waals surface area contributed by atoms with Crippen molar-refractivity contribution in [3.05, 3.63) is 0 Å². The van der Waals surface area contributed by atoms with E-state index in [-0.39, 0.29) is 5.92 Å². The molecule has 0 bridgehead atoms. The van der Waals surface area contributed by atoms with Crippen LogP contribution in [0.4, 0.5) is 0 Å². The molecule has 110 valence electrons. The van der Waals surface area contributed by atoms with Gasteiger partial charge < -0.3 is 15.2 Å². The van der Waals surface area contributed by atoms with Gasteiger partial charge in [-0.25, -0.2) is 9.59 Å². The molecule has 2 N–H and O–H groups in total. The summed E-state index contributed by atoms with van der Waals surface area (Å²) in [6, 6.07) is 0. The van der Waals surface area contributed by atoms with E-state index >= 15 is 0 Å². The Labute approximate surface area is 114 Å². The van der Waals surface area contributed by atoms with Gasteiger partial charge in [0.25, 0.3) is 0 Å². The minimum absolute atomic E-state index is 0.205. The maximum absolute atomic E-state index is 12.3. The highest BCUT2D eigenvalue weighted by Gasteiger charge is 2.52. The van der Waals surface area contributed by atoms with Gasteiger partial charge >= 0.3 is 11.9 Å². The lowest BCUT2D eigenvalue weighted by Gasteiger charge is -2.36. The van der Waals surface area contributed by atoms with Crippen molar-refractivity contribution >= 4 is 11.9 Å². The first-order valence-electron chi connectivity index (χ1n) is 6.82. The van der Waals surface area contributed by atoms with Crippen LogP contribution in [0.5, 0.6) is 0 Å². The monoisotopic (exact) mass is 271 g/mol. The minimum Gasteiger partial charge on any atom is -0.467 e. The summed E-state index contributed by atoms with van der Waals surface area (Å²) in [5.74, 6) is -1.59. The highest BCUT2D eigenvalue weighted by Crippen LogP contribution is 2.33. The Kier molecular flexibility index (Phi) is 4.96. The van der Waals surface area contributed by atoms with Crippen LogP contribution >= 0.6 is 0 Å². The smallest absolute Gasteiger partial charge is 0.338 e. The molecular formula is C14H25NO4. The number of esters is 2. The van der Waals surface area contributed by atoms with Crippen LogP contribution in [0.3, 0.4) is 0 Å². The van der Waals surface area contributed by atoms with Gasteiger partial charge in [0.2, 0.25) is 5.54 Å². The number of carbonyl (C=O) groups is 2. The summed E-state index contributed by atoms with van der Waals surface area (Å²) < 4.78 is 10.1. The van der Waals surface area contributed by atoms with Gasteiger partial charge in [-0.05, 0) is 39.5 Å². The second kappa shape index (κ2) is 5.90. The molecule has 19 heavy (non-hydrogen) atoms. The van der Waals surface area contributed by atoms with Crippen molar-refractivity contribution in [3.8, 4) is 0 Å². The number of rotatable bonds is 3. The number of nitrogens with two attached hydrogens (primary N) is 1. The molecule has 0 aliphatic heterocycles. The molecule has 0 aromatic rings. The second-order valence-electron chi connectivity index (χ2n) is 6.20. The SMILES string of the molecule is COC(=O)[C@](N)(C(=O)OC(C)(C)C)C1CCCCC1. The Hall–Kier alpha value is -1.10. The average molecular weight is 271 g/mol. The molecule has 1 aliphatic rings. The Morgan fingerprint density at radius 1 is 1.05 bits per heavy atom. The molecule has 5 heteroatoms. The molecule has 0 saturated heterocycles. The molecule has 0 aromatic carbocycles. The molecule has 5 nitrogen and oxygen atoms in total. The summed E-state index contributed by atoms with van der Waals surface area (Å²) in [6.45, 7) is 5.26. The van der Waals surface area contributed by atoms with Crippen LogP contribution < -0.4 is 5.73 Å². The molecule has 0 radical (unpaired) electrons. The van der Waals surface area contributed by atoms with Crippen molar-refractivity contribution in [1.29, 1.82) is 0 Å². The number of methoxy groups -OCH3 is 1. The van der Waals surface area contributed by atoms with Crippen molar-refractivity contribution in [2.24, 2.45) is 11.7 Å². The lowest BCUT2D eigenvalue weighted by molar-refractivity contribution is -0.174. The van der Waals surface area contributed by atoms with Crippen molar-refractivity contribution in [2.45, 2.75) is 64.0 Å². The molecule has 1 saturated carbocycles. The van der Waals surface area contributed by atoms with Crippen LogP contribution in [0.2, 0.25) is 0 Å². The Balaban J connectivity index is 2.98. The molecule has 0 spiro atoms. The number of carbonyl (C=O) groups excluding carboxylic acids is 2. The van der Waals surface area contributed by atoms with E-state index in [0.29, 0.717) is 0 Å². The van der Waals surface area contributed by atoms with Crippen LogP contribution in [0.15, 0.2) is 0 Å². The van der Waals surface area contributed by atoms with E-state index < -0.39 is 23.1 Å². The van der Waals surface area contributed by atoms with Crippen molar-refractivity contribution < 1.29 is 19.1 Å². The number of hydrogen-bond acceptors (Lipinski definition) is 5. The van der Waals surface area contributed by atoms with E-state index in [4.69, 9.17) is 15.2 Å². The number of hydrogen-bond donors (Lipinski definition) is 1. The molecule has 1 aliphatic carbocycles. The molecule has 0 amide bonds. The summed E-state index contributed by atoms with van der Waals surface area (Å²) >= 11 is 0. The van der Waals surface area contributed by atoms with Crippen LogP contribution in [-0.4, -0.2) is 30.2 Å². The van der Waals surface area contributed by atoms with Gasteiger partial charge in [0.05, 0.1) is 7.11 Å². The van der Waals surface area contributed by atoms with Crippen molar-refractivity contribution in [3.63, 3.8) is 0 Å². The van der Waals surface area contributed by atoms with E-state index in [1.807, 2.05) is 0 Å². The van der Waals surface area contributed by atoms with Gasteiger partial charge in [-0.2, -0.15) is 0 Å². The fourth-order valence-electron chi connectivity index (χ4n) is 2.51. The Bertz CT molecular complexity index is 342. The van der Waals surface area contributed by atoms with Gasteiger partial charge in [0, 0.05) is 0 Å². The van der Waals surface area contributed by atoms with Gasteiger partial charge in [-0.1, -0.05) is 19.3 Å². The summed E-state index contributed by atoms with van der Waals surface area (Å²) in [6.07, 6.45) is 4.57. The summed E-state index contributed by atoms with van der Waals surface area (Å²) in [5, 5.41) is 0. The van der Waals surface area contributed by atoms with Crippen LogP contribution in [0, 0.1) is 5.92 Å². The van der Waals surface area contributed by atoms with Gasteiger partial charge in [-0.3, -0.25) is 0 Å². The maximum atomic E-state index is 12.3. The van der Waals surface area contributed by atoms with E-state index in [1.54, 1.807) is 20.8 Å². The molecule has 1 atom stereocenters. The molecule has 1 fully saturated rings. The highest BCUT2D eigenvalue weighted by atomic mass is 16.6. The maximum Gasteiger partial charge on any atom is 0.338 e. The van der Waals surface area contributed by atoms with E-state index in [2.05, 4.69) is 0 Å². The lowest BCUT2D eigenvalue weighted by Crippen LogP contribution is -2.62. The Morgan fingerprint density at radius 3 is 2.00 bits per heavy atom. The zero-order valence-corrected chi connectivity index (χ0v) is 12.3. The zero-order valence-electron chi connectivity index (χ0n) is 12.3. The minimum atomic E-state index is -1.68. The summed E-state index contributed by atoms with van der Waals surface area (Å²) in [5.41, 5.74) is 3.77. The quantitative estimate of drug-likeness (QED) is 0.625. The third-order valence-electron chi connectivity index (χ3n) is 3.51. The van der Waals surface area contributed by atoms with Gasteiger partial charge in [0.15, 0.2) is 0 Å².